The van der Waals surface area contributed by atoms with Gasteiger partial charge in [-0.25, -0.2) is 4.79 Å². The van der Waals surface area contributed by atoms with Crippen LogP contribution < -0.4 is 5.73 Å². The standard InChI is InChI=1S/C11H15N3O5/c1-6(2)4-14(5-9(12)15)10(16)7-3-8(11(17)18)19-13-7/h3,6H,4-5H2,1-2H3,(H2,12,15)(H,17,18). The Kier molecular flexibility index (Phi) is 4.62. The first kappa shape index (κ1) is 14.7. The second-order valence-corrected chi connectivity index (χ2v) is 4.43. The molecule has 1 aromatic rings. The number of aromatic carboxylic acids is 1. The van der Waals surface area contributed by atoms with Gasteiger partial charge in [-0.2, -0.15) is 0 Å². The van der Waals surface area contributed by atoms with Crippen molar-refractivity contribution in [2.75, 3.05) is 13.1 Å². The van der Waals surface area contributed by atoms with Gasteiger partial charge >= 0.3 is 5.97 Å². The molecule has 0 aromatic carbocycles. The highest BCUT2D eigenvalue weighted by molar-refractivity contribution is 5.96. The van der Waals surface area contributed by atoms with E-state index < -0.39 is 23.5 Å². The van der Waals surface area contributed by atoms with Crippen LogP contribution in [-0.4, -0.2) is 46.0 Å². The average Bonchev–Trinajstić information content (AvgIpc) is 2.75. The van der Waals surface area contributed by atoms with Gasteiger partial charge in [0.25, 0.3) is 5.91 Å². The fourth-order valence-corrected chi connectivity index (χ4v) is 1.49. The van der Waals surface area contributed by atoms with Crippen LogP contribution in [0, 0.1) is 5.92 Å². The summed E-state index contributed by atoms with van der Waals surface area (Å²) in [4.78, 5) is 34.8. The number of hydrogen-bond donors (Lipinski definition) is 2. The van der Waals surface area contributed by atoms with Crippen molar-refractivity contribution in [1.29, 1.82) is 0 Å². The SMILES string of the molecule is CC(C)CN(CC(N)=O)C(=O)c1cc(C(=O)O)on1. The van der Waals surface area contributed by atoms with E-state index in [0.29, 0.717) is 6.54 Å². The third-order valence-electron chi connectivity index (χ3n) is 2.16. The first-order valence-electron chi connectivity index (χ1n) is 5.58. The molecular weight excluding hydrogens is 254 g/mol. The zero-order valence-corrected chi connectivity index (χ0v) is 10.6. The highest BCUT2D eigenvalue weighted by atomic mass is 16.5. The Balaban J connectivity index is 2.90. The molecule has 2 amide bonds. The maximum absolute atomic E-state index is 12.1. The molecule has 0 aliphatic heterocycles. The molecule has 104 valence electrons. The van der Waals surface area contributed by atoms with Crippen molar-refractivity contribution in [3.05, 3.63) is 17.5 Å². The predicted octanol–water partition coefficient (Wildman–Crippen LogP) is -0.0437. The summed E-state index contributed by atoms with van der Waals surface area (Å²) in [5.41, 5.74) is 4.90. The molecule has 0 spiro atoms. The van der Waals surface area contributed by atoms with E-state index >= 15 is 0 Å². The van der Waals surface area contributed by atoms with Crippen LogP contribution in [0.25, 0.3) is 0 Å². The Morgan fingerprint density at radius 3 is 2.53 bits per heavy atom. The van der Waals surface area contributed by atoms with Crippen LogP contribution in [-0.2, 0) is 4.79 Å². The fraction of sp³-hybridized carbons (Fsp3) is 0.455. The van der Waals surface area contributed by atoms with E-state index in [1.165, 1.54) is 4.90 Å². The number of nitrogens with two attached hydrogens (primary N) is 1. The third kappa shape index (κ3) is 4.09. The van der Waals surface area contributed by atoms with Crippen LogP contribution in [0.15, 0.2) is 10.6 Å². The number of carboxylic acids is 1. The topological polar surface area (TPSA) is 127 Å². The molecule has 19 heavy (non-hydrogen) atoms. The smallest absolute Gasteiger partial charge is 0.374 e. The number of rotatable bonds is 6. The van der Waals surface area contributed by atoms with Crippen LogP contribution in [0.4, 0.5) is 0 Å². The number of carbonyl (C=O) groups is 3. The molecular formula is C11H15N3O5. The molecule has 0 aliphatic carbocycles. The van der Waals surface area contributed by atoms with Crippen molar-refractivity contribution in [3.63, 3.8) is 0 Å². The zero-order chi connectivity index (χ0) is 14.6. The van der Waals surface area contributed by atoms with E-state index in [9.17, 15) is 14.4 Å². The summed E-state index contributed by atoms with van der Waals surface area (Å²) in [6.07, 6.45) is 0. The number of carboxylic acid groups (broad SMARTS) is 1. The predicted molar refractivity (Wildman–Crippen MR) is 63.4 cm³/mol. The summed E-state index contributed by atoms with van der Waals surface area (Å²) >= 11 is 0. The van der Waals surface area contributed by atoms with E-state index in [4.69, 9.17) is 10.8 Å². The van der Waals surface area contributed by atoms with E-state index in [-0.39, 0.29) is 18.2 Å². The van der Waals surface area contributed by atoms with Gasteiger partial charge in [-0.05, 0) is 5.92 Å². The Labute approximate surface area is 109 Å². The Bertz CT molecular complexity index is 494. The maximum atomic E-state index is 12.1. The van der Waals surface area contributed by atoms with Crippen molar-refractivity contribution < 1.29 is 24.0 Å². The van der Waals surface area contributed by atoms with Crippen molar-refractivity contribution >= 4 is 17.8 Å². The molecule has 0 saturated carbocycles. The molecule has 0 unspecified atom stereocenters. The van der Waals surface area contributed by atoms with E-state index in [2.05, 4.69) is 9.68 Å². The minimum absolute atomic E-state index is 0.120. The number of nitrogens with zero attached hydrogens (tertiary/aromatic N) is 2. The van der Waals surface area contributed by atoms with Crippen LogP contribution in [0.3, 0.4) is 0 Å². The van der Waals surface area contributed by atoms with Crippen LogP contribution >= 0.6 is 0 Å². The van der Waals surface area contributed by atoms with Gasteiger partial charge in [0.15, 0.2) is 5.69 Å². The second-order valence-electron chi connectivity index (χ2n) is 4.43. The summed E-state index contributed by atoms with van der Waals surface area (Å²) in [7, 11) is 0. The molecule has 0 fully saturated rings. The zero-order valence-electron chi connectivity index (χ0n) is 10.6. The van der Waals surface area contributed by atoms with Gasteiger partial charge < -0.3 is 20.3 Å². The number of hydrogen-bond acceptors (Lipinski definition) is 5. The van der Waals surface area contributed by atoms with Gasteiger partial charge in [0, 0.05) is 12.6 Å². The van der Waals surface area contributed by atoms with Gasteiger partial charge in [0.2, 0.25) is 11.7 Å². The molecule has 1 heterocycles. The molecule has 0 bridgehead atoms. The summed E-state index contributed by atoms with van der Waals surface area (Å²) in [5, 5.41) is 12.1. The van der Waals surface area contributed by atoms with E-state index in [1.807, 2.05) is 13.8 Å². The van der Waals surface area contributed by atoms with Gasteiger partial charge in [0.1, 0.15) is 0 Å². The number of amides is 2. The molecule has 8 nitrogen and oxygen atoms in total. The number of aromatic nitrogens is 1. The van der Waals surface area contributed by atoms with Gasteiger partial charge in [-0.1, -0.05) is 19.0 Å². The molecule has 3 N–H and O–H groups in total. The van der Waals surface area contributed by atoms with Crippen molar-refractivity contribution in [1.82, 2.24) is 10.1 Å². The maximum Gasteiger partial charge on any atom is 0.374 e. The first-order chi connectivity index (χ1) is 8.81. The van der Waals surface area contributed by atoms with Crippen molar-refractivity contribution in [3.8, 4) is 0 Å². The molecule has 8 heteroatoms. The average molecular weight is 269 g/mol. The number of primary amides is 1. The van der Waals surface area contributed by atoms with Crippen LogP contribution in [0.5, 0.6) is 0 Å². The highest BCUT2D eigenvalue weighted by Gasteiger charge is 2.23. The number of carbonyl (C=O) groups excluding carboxylic acids is 2. The molecule has 0 radical (unpaired) electrons. The Morgan fingerprint density at radius 1 is 1.47 bits per heavy atom. The van der Waals surface area contributed by atoms with Gasteiger partial charge in [0.05, 0.1) is 6.54 Å². The summed E-state index contributed by atoms with van der Waals surface area (Å²) in [6, 6.07) is 1.01. The molecule has 1 rings (SSSR count). The molecule has 0 saturated heterocycles. The lowest BCUT2D eigenvalue weighted by Gasteiger charge is -2.21. The lowest BCUT2D eigenvalue weighted by atomic mass is 10.2. The van der Waals surface area contributed by atoms with Crippen LogP contribution in [0.1, 0.15) is 34.9 Å². The Hall–Kier alpha value is -2.38. The first-order valence-corrected chi connectivity index (χ1v) is 5.58. The van der Waals surface area contributed by atoms with Gasteiger partial charge in [-0.3, -0.25) is 9.59 Å². The van der Waals surface area contributed by atoms with E-state index in [0.717, 1.165) is 6.07 Å². The molecule has 0 atom stereocenters. The van der Waals surface area contributed by atoms with Crippen molar-refractivity contribution in [2.24, 2.45) is 11.7 Å². The quantitative estimate of drug-likeness (QED) is 0.745. The normalized spacial score (nSPS) is 10.5. The summed E-state index contributed by atoms with van der Waals surface area (Å²) in [6.45, 7) is 3.78. The molecule has 1 aromatic heterocycles. The Morgan fingerprint density at radius 2 is 2.11 bits per heavy atom. The highest BCUT2D eigenvalue weighted by Crippen LogP contribution is 2.09. The van der Waals surface area contributed by atoms with E-state index in [1.54, 1.807) is 0 Å². The second kappa shape index (κ2) is 5.98. The third-order valence-corrected chi connectivity index (χ3v) is 2.16. The van der Waals surface area contributed by atoms with Gasteiger partial charge in [-0.15, -0.1) is 0 Å². The molecule has 0 aliphatic rings. The summed E-state index contributed by atoms with van der Waals surface area (Å²) in [5.74, 6) is -2.89. The van der Waals surface area contributed by atoms with Crippen LogP contribution in [0.2, 0.25) is 0 Å². The largest absolute Gasteiger partial charge is 0.475 e. The minimum atomic E-state index is -1.32. The fourth-order valence-electron chi connectivity index (χ4n) is 1.49. The minimum Gasteiger partial charge on any atom is -0.475 e. The van der Waals surface area contributed by atoms with Crippen molar-refractivity contribution in [2.45, 2.75) is 13.8 Å². The monoisotopic (exact) mass is 269 g/mol. The lowest BCUT2D eigenvalue weighted by Crippen LogP contribution is -2.40. The lowest BCUT2D eigenvalue weighted by molar-refractivity contribution is -0.118. The summed E-state index contributed by atoms with van der Waals surface area (Å²) < 4.78 is 4.49.